The highest BCUT2D eigenvalue weighted by Gasteiger charge is 2.02. The van der Waals surface area contributed by atoms with Crippen LogP contribution in [0.25, 0.3) is 17.1 Å². The predicted octanol–water partition coefficient (Wildman–Crippen LogP) is 3.49. The summed E-state index contributed by atoms with van der Waals surface area (Å²) in [5.74, 6) is -0.342. The molecule has 110 valence electrons. The highest BCUT2D eigenvalue weighted by atomic mass is 19.1. The molecule has 0 fully saturated rings. The molecule has 0 saturated heterocycles. The van der Waals surface area contributed by atoms with Crippen LogP contribution in [0, 0.1) is 5.82 Å². The molecular formula is C16H13FN4O. The van der Waals surface area contributed by atoms with Gasteiger partial charge >= 0.3 is 6.03 Å². The Hall–Kier alpha value is -3.15. The van der Waals surface area contributed by atoms with E-state index in [9.17, 15) is 9.18 Å². The van der Waals surface area contributed by atoms with Gasteiger partial charge in [-0.1, -0.05) is 18.2 Å². The van der Waals surface area contributed by atoms with Gasteiger partial charge in [0.25, 0.3) is 0 Å². The molecular weight excluding hydrogens is 283 g/mol. The van der Waals surface area contributed by atoms with Crippen molar-refractivity contribution in [2.24, 2.45) is 0 Å². The Morgan fingerprint density at radius 3 is 2.95 bits per heavy atom. The Bertz CT molecular complexity index is 841. The van der Waals surface area contributed by atoms with Crippen molar-refractivity contribution in [1.29, 1.82) is 0 Å². The molecule has 6 heteroatoms. The summed E-state index contributed by atoms with van der Waals surface area (Å²) in [4.78, 5) is 18.8. The van der Waals surface area contributed by atoms with E-state index >= 15 is 0 Å². The molecule has 5 nitrogen and oxygen atoms in total. The van der Waals surface area contributed by atoms with Crippen LogP contribution in [-0.2, 0) is 0 Å². The second kappa shape index (κ2) is 6.09. The average Bonchev–Trinajstić information content (AvgIpc) is 2.97. The molecule has 2 amide bonds. The van der Waals surface area contributed by atoms with Crippen molar-refractivity contribution in [2.45, 2.75) is 0 Å². The number of hydrogen-bond donors (Lipinski definition) is 3. The lowest BCUT2D eigenvalue weighted by atomic mass is 10.2. The normalized spacial score (nSPS) is 11.0. The molecule has 0 saturated carbocycles. The molecule has 0 atom stereocenters. The number of benzene rings is 2. The summed E-state index contributed by atoms with van der Waals surface area (Å²) in [5.41, 5.74) is 2.69. The Balaban J connectivity index is 1.61. The van der Waals surface area contributed by atoms with Gasteiger partial charge in [0.05, 0.1) is 17.4 Å². The molecule has 0 bridgehead atoms. The van der Waals surface area contributed by atoms with Gasteiger partial charge in [0, 0.05) is 17.5 Å². The van der Waals surface area contributed by atoms with Crippen LogP contribution in [0.2, 0.25) is 0 Å². The van der Waals surface area contributed by atoms with E-state index in [-0.39, 0.29) is 5.82 Å². The number of anilines is 1. The molecule has 3 N–H and O–H groups in total. The number of hydrogen-bond acceptors (Lipinski definition) is 2. The third-order valence-electron chi connectivity index (χ3n) is 3.06. The molecule has 1 aromatic heterocycles. The second-order valence-corrected chi connectivity index (χ2v) is 4.59. The zero-order valence-electron chi connectivity index (χ0n) is 11.5. The lowest BCUT2D eigenvalue weighted by Crippen LogP contribution is -2.23. The molecule has 0 aliphatic heterocycles. The first-order valence-electron chi connectivity index (χ1n) is 6.64. The predicted molar refractivity (Wildman–Crippen MR) is 83.7 cm³/mol. The Kier molecular flexibility index (Phi) is 3.82. The van der Waals surface area contributed by atoms with Crippen molar-refractivity contribution in [2.75, 3.05) is 5.32 Å². The smallest absolute Gasteiger partial charge is 0.323 e. The maximum atomic E-state index is 13.4. The number of carbonyl (C=O) groups excluding carboxylic acids is 1. The number of imidazole rings is 1. The number of halogens is 1. The standard InChI is InChI=1S/C16H13FN4O/c17-13-4-2-1-3-11(13)7-8-18-16(22)21-12-5-6-14-15(9-12)20-10-19-14/h1-10H,(H,19,20)(H2,18,21,22)/b8-7+. The number of rotatable bonds is 3. The fraction of sp³-hybridized carbons (Fsp3) is 0. The van der Waals surface area contributed by atoms with E-state index in [1.54, 1.807) is 42.7 Å². The molecule has 0 radical (unpaired) electrons. The third-order valence-corrected chi connectivity index (χ3v) is 3.06. The number of aromatic nitrogens is 2. The van der Waals surface area contributed by atoms with Crippen molar-refractivity contribution < 1.29 is 9.18 Å². The van der Waals surface area contributed by atoms with E-state index in [0.29, 0.717) is 11.3 Å². The molecule has 0 aliphatic carbocycles. The van der Waals surface area contributed by atoms with E-state index in [4.69, 9.17) is 0 Å². The van der Waals surface area contributed by atoms with E-state index in [1.165, 1.54) is 18.3 Å². The van der Waals surface area contributed by atoms with Gasteiger partial charge in [-0.25, -0.2) is 14.2 Å². The average molecular weight is 296 g/mol. The Labute approximate surface area is 125 Å². The van der Waals surface area contributed by atoms with E-state index in [2.05, 4.69) is 20.6 Å². The fourth-order valence-corrected chi connectivity index (χ4v) is 2.00. The monoisotopic (exact) mass is 296 g/mol. The van der Waals surface area contributed by atoms with Crippen LogP contribution in [0.15, 0.2) is 55.0 Å². The number of aromatic amines is 1. The largest absolute Gasteiger partial charge is 0.345 e. The van der Waals surface area contributed by atoms with Gasteiger partial charge in [-0.3, -0.25) is 0 Å². The zero-order chi connectivity index (χ0) is 15.4. The summed E-state index contributed by atoms with van der Waals surface area (Å²) in [6, 6.07) is 11.2. The second-order valence-electron chi connectivity index (χ2n) is 4.59. The van der Waals surface area contributed by atoms with Crippen LogP contribution in [-0.4, -0.2) is 16.0 Å². The zero-order valence-corrected chi connectivity index (χ0v) is 11.5. The SMILES string of the molecule is O=C(N/C=C/c1ccccc1F)Nc1ccc2nc[nH]c2c1. The number of fused-ring (bicyclic) bond motifs is 1. The first-order valence-corrected chi connectivity index (χ1v) is 6.64. The maximum Gasteiger partial charge on any atom is 0.323 e. The van der Waals surface area contributed by atoms with Gasteiger partial charge in [-0.15, -0.1) is 0 Å². The highest BCUT2D eigenvalue weighted by molar-refractivity contribution is 5.92. The van der Waals surface area contributed by atoms with E-state index in [1.807, 2.05) is 0 Å². The number of amides is 2. The van der Waals surface area contributed by atoms with E-state index < -0.39 is 6.03 Å². The molecule has 22 heavy (non-hydrogen) atoms. The lowest BCUT2D eigenvalue weighted by molar-refractivity contribution is 0.255. The first kappa shape index (κ1) is 13.8. The van der Waals surface area contributed by atoms with Crippen LogP contribution in [0.3, 0.4) is 0 Å². The molecule has 1 heterocycles. The molecule has 0 aliphatic rings. The van der Waals surface area contributed by atoms with Crippen LogP contribution < -0.4 is 10.6 Å². The number of urea groups is 1. The van der Waals surface area contributed by atoms with E-state index in [0.717, 1.165) is 11.0 Å². The summed E-state index contributed by atoms with van der Waals surface area (Å²) in [7, 11) is 0. The van der Waals surface area contributed by atoms with Gasteiger partial charge in [0.2, 0.25) is 0 Å². The van der Waals surface area contributed by atoms with Crippen molar-refractivity contribution >= 4 is 28.8 Å². The topological polar surface area (TPSA) is 69.8 Å². The minimum absolute atomic E-state index is 0.342. The van der Waals surface area contributed by atoms with Crippen molar-refractivity contribution in [3.63, 3.8) is 0 Å². The van der Waals surface area contributed by atoms with Gasteiger partial charge < -0.3 is 15.6 Å². The maximum absolute atomic E-state index is 13.4. The van der Waals surface area contributed by atoms with Crippen LogP contribution in [0.5, 0.6) is 0 Å². The minimum atomic E-state index is -0.411. The number of nitrogens with one attached hydrogen (secondary N) is 3. The first-order chi connectivity index (χ1) is 10.7. The van der Waals surface area contributed by atoms with Gasteiger partial charge in [0.15, 0.2) is 0 Å². The summed E-state index contributed by atoms with van der Waals surface area (Å²) in [5, 5.41) is 5.21. The number of H-pyrrole nitrogens is 1. The molecule has 2 aromatic carbocycles. The van der Waals surface area contributed by atoms with Crippen LogP contribution in [0.1, 0.15) is 5.56 Å². The Morgan fingerprint density at radius 1 is 1.23 bits per heavy atom. The number of carbonyl (C=O) groups is 1. The van der Waals surface area contributed by atoms with Crippen molar-refractivity contribution in [3.05, 3.63) is 66.4 Å². The third kappa shape index (κ3) is 3.12. The van der Waals surface area contributed by atoms with Gasteiger partial charge in [-0.2, -0.15) is 0 Å². The lowest BCUT2D eigenvalue weighted by Gasteiger charge is -2.04. The quantitative estimate of drug-likeness (QED) is 0.692. The van der Waals surface area contributed by atoms with Crippen LogP contribution in [0.4, 0.5) is 14.9 Å². The Morgan fingerprint density at radius 2 is 2.09 bits per heavy atom. The van der Waals surface area contributed by atoms with Gasteiger partial charge in [-0.05, 0) is 30.3 Å². The highest BCUT2D eigenvalue weighted by Crippen LogP contribution is 2.15. The minimum Gasteiger partial charge on any atom is -0.345 e. The molecule has 3 aromatic rings. The summed E-state index contributed by atoms with van der Waals surface area (Å²) in [6.07, 6.45) is 4.47. The number of nitrogens with zero attached hydrogens (tertiary/aromatic N) is 1. The fourth-order valence-electron chi connectivity index (χ4n) is 2.00. The van der Waals surface area contributed by atoms with Crippen molar-refractivity contribution in [1.82, 2.24) is 15.3 Å². The summed E-state index contributed by atoms with van der Waals surface area (Å²) >= 11 is 0. The summed E-state index contributed by atoms with van der Waals surface area (Å²) in [6.45, 7) is 0. The van der Waals surface area contributed by atoms with Crippen LogP contribution >= 0.6 is 0 Å². The molecule has 0 unspecified atom stereocenters. The van der Waals surface area contributed by atoms with Gasteiger partial charge in [0.1, 0.15) is 5.82 Å². The van der Waals surface area contributed by atoms with Crippen molar-refractivity contribution in [3.8, 4) is 0 Å². The molecule has 3 rings (SSSR count). The molecule has 0 spiro atoms. The summed E-state index contributed by atoms with van der Waals surface area (Å²) < 4.78 is 13.4.